The molecule has 2 aromatic heterocycles. The molecule has 2 aliphatic rings. The molecule has 2 N–H and O–H groups in total. The number of rotatable bonds is 6. The van der Waals surface area contributed by atoms with Crippen LogP contribution in [0.25, 0.3) is 10.3 Å². The van der Waals surface area contributed by atoms with Crippen LogP contribution in [-0.2, 0) is 10.2 Å². The highest BCUT2D eigenvalue weighted by Gasteiger charge is 2.48. The third-order valence-corrected chi connectivity index (χ3v) is 8.26. The third kappa shape index (κ3) is 4.33. The van der Waals surface area contributed by atoms with Crippen LogP contribution in [0.15, 0.2) is 54.6 Å². The molecule has 1 saturated carbocycles. The number of amides is 1. The second kappa shape index (κ2) is 9.22. The van der Waals surface area contributed by atoms with Crippen LogP contribution in [0.5, 0.6) is 5.75 Å². The molecule has 0 bridgehead atoms. The molecule has 36 heavy (non-hydrogen) atoms. The summed E-state index contributed by atoms with van der Waals surface area (Å²) in [6.07, 6.45) is 2.15. The monoisotopic (exact) mass is 520 g/mol. The molecule has 1 aliphatic carbocycles. The predicted molar refractivity (Wildman–Crippen MR) is 142 cm³/mol. The van der Waals surface area contributed by atoms with Crippen LogP contribution >= 0.6 is 22.9 Å². The zero-order valence-corrected chi connectivity index (χ0v) is 21.1. The van der Waals surface area contributed by atoms with Crippen LogP contribution in [0, 0.1) is 0 Å². The van der Waals surface area contributed by atoms with Gasteiger partial charge in [-0.3, -0.25) is 4.79 Å². The number of carbonyl (C=O) groups excluding carboxylic acids is 1. The maximum atomic E-state index is 12.7. The van der Waals surface area contributed by atoms with Crippen molar-refractivity contribution in [1.82, 2.24) is 19.9 Å². The predicted octanol–water partition coefficient (Wildman–Crippen LogP) is 4.13. The Bertz CT molecular complexity index is 1400. The van der Waals surface area contributed by atoms with Gasteiger partial charge >= 0.3 is 0 Å². The molecule has 0 unspecified atom stereocenters. The third-order valence-electron chi connectivity index (χ3n) is 6.85. The van der Waals surface area contributed by atoms with Gasteiger partial charge in [0.2, 0.25) is 5.95 Å². The quantitative estimate of drug-likeness (QED) is 0.408. The van der Waals surface area contributed by atoms with Gasteiger partial charge in [-0.05, 0) is 42.7 Å². The van der Waals surface area contributed by atoms with E-state index in [-0.39, 0.29) is 23.9 Å². The Labute approximate surface area is 217 Å². The first kappa shape index (κ1) is 23.0. The Kier molecular flexibility index (Phi) is 5.89. The summed E-state index contributed by atoms with van der Waals surface area (Å²) < 4.78 is 5.63. The molecule has 0 radical (unpaired) electrons. The fraction of sp³-hybridized carbons (Fsp3) is 0.308. The van der Waals surface area contributed by atoms with E-state index in [0.29, 0.717) is 37.0 Å². The second-order valence-corrected chi connectivity index (χ2v) is 10.6. The number of nitrogen functional groups attached to an aromatic ring is 1. The summed E-state index contributed by atoms with van der Waals surface area (Å²) in [6, 6.07) is 17.5. The summed E-state index contributed by atoms with van der Waals surface area (Å²) in [4.78, 5) is 31.6. The molecule has 4 aromatic rings. The Balaban J connectivity index is 1.17. The number of hydrogen-bond acceptors (Lipinski definition) is 8. The summed E-state index contributed by atoms with van der Waals surface area (Å²) in [6.45, 7) is 2.39. The second-order valence-electron chi connectivity index (χ2n) is 9.14. The molecule has 0 atom stereocenters. The molecule has 1 amide bonds. The average Bonchev–Trinajstić information content (AvgIpc) is 3.61. The Hall–Kier alpha value is -3.43. The first-order chi connectivity index (χ1) is 17.5. The lowest BCUT2D eigenvalue weighted by Gasteiger charge is -2.35. The number of ether oxygens (including phenoxy) is 1. The molecule has 2 aromatic carbocycles. The van der Waals surface area contributed by atoms with Crippen LogP contribution in [0.1, 0.15) is 23.4 Å². The lowest BCUT2D eigenvalue weighted by Crippen LogP contribution is -2.50. The Morgan fingerprint density at radius 1 is 1.00 bits per heavy atom. The van der Waals surface area contributed by atoms with Gasteiger partial charge in [-0.15, -0.1) is 0 Å². The lowest BCUT2D eigenvalue weighted by atomic mass is 9.97. The van der Waals surface area contributed by atoms with E-state index in [0.717, 1.165) is 34.0 Å². The van der Waals surface area contributed by atoms with Crippen molar-refractivity contribution < 1.29 is 9.53 Å². The summed E-state index contributed by atoms with van der Waals surface area (Å²) >= 11 is 7.51. The van der Waals surface area contributed by atoms with Crippen LogP contribution < -0.4 is 15.4 Å². The number of nitrogens with two attached hydrogens (primary N) is 1. The van der Waals surface area contributed by atoms with Crippen molar-refractivity contribution in [2.45, 2.75) is 18.3 Å². The Morgan fingerprint density at radius 3 is 2.42 bits per heavy atom. The smallest absolute Gasteiger partial charge is 0.260 e. The zero-order chi connectivity index (χ0) is 24.7. The SMILES string of the molecule is Nc1nc(N2CCN(C(=O)COc3ccc(Cl)cc3)CC2)c2nc(C3(c4ccccc4)CC3)sc2n1. The largest absolute Gasteiger partial charge is 0.484 e. The van der Waals surface area contributed by atoms with Crippen molar-refractivity contribution in [1.29, 1.82) is 0 Å². The van der Waals surface area contributed by atoms with E-state index in [1.807, 2.05) is 11.0 Å². The normalized spacial score (nSPS) is 16.8. The van der Waals surface area contributed by atoms with Gasteiger partial charge in [0.05, 0.1) is 0 Å². The van der Waals surface area contributed by atoms with E-state index in [1.54, 1.807) is 35.6 Å². The van der Waals surface area contributed by atoms with Crippen LogP contribution in [0.2, 0.25) is 5.02 Å². The maximum Gasteiger partial charge on any atom is 0.260 e. The van der Waals surface area contributed by atoms with Crippen molar-refractivity contribution >= 4 is 51.0 Å². The van der Waals surface area contributed by atoms with E-state index in [1.165, 1.54) is 5.56 Å². The molecular formula is C26H25ClN6O2S. The van der Waals surface area contributed by atoms with E-state index in [4.69, 9.17) is 27.1 Å². The number of nitrogens with zero attached hydrogens (tertiary/aromatic N) is 5. The van der Waals surface area contributed by atoms with E-state index < -0.39 is 0 Å². The molecule has 1 aliphatic heterocycles. The molecule has 10 heteroatoms. The fourth-order valence-electron chi connectivity index (χ4n) is 4.69. The van der Waals surface area contributed by atoms with Crippen molar-refractivity contribution in [2.75, 3.05) is 43.4 Å². The molecule has 184 valence electrons. The molecule has 0 spiro atoms. The first-order valence-electron chi connectivity index (χ1n) is 11.9. The van der Waals surface area contributed by atoms with E-state index >= 15 is 0 Å². The van der Waals surface area contributed by atoms with Crippen LogP contribution in [0.3, 0.4) is 0 Å². The standard InChI is InChI=1S/C26H25ClN6O2S/c27-18-6-8-19(9-7-18)35-16-20(34)32-12-14-33(15-13-32)22-21-23(31-25(28)30-22)36-24(29-21)26(10-11-26)17-4-2-1-3-5-17/h1-9H,10-16H2,(H2,28,30,31). The van der Waals surface area contributed by atoms with Crippen molar-refractivity contribution in [3.05, 3.63) is 70.2 Å². The molecule has 3 heterocycles. The highest BCUT2D eigenvalue weighted by atomic mass is 35.5. The van der Waals surface area contributed by atoms with Gasteiger partial charge < -0.3 is 20.3 Å². The van der Waals surface area contributed by atoms with Crippen LogP contribution in [0.4, 0.5) is 11.8 Å². The number of piperazine rings is 1. The zero-order valence-electron chi connectivity index (χ0n) is 19.6. The van der Waals surface area contributed by atoms with E-state index in [9.17, 15) is 4.79 Å². The summed E-state index contributed by atoms with van der Waals surface area (Å²) in [7, 11) is 0. The van der Waals surface area contributed by atoms with Gasteiger partial charge in [-0.25, -0.2) is 9.97 Å². The molecular weight excluding hydrogens is 496 g/mol. The number of fused-ring (bicyclic) bond motifs is 1. The first-order valence-corrected chi connectivity index (χ1v) is 13.1. The number of thiazole rings is 1. The minimum Gasteiger partial charge on any atom is -0.484 e. The minimum absolute atomic E-state index is 0.0106. The number of anilines is 2. The van der Waals surface area contributed by atoms with Crippen molar-refractivity contribution in [2.24, 2.45) is 0 Å². The van der Waals surface area contributed by atoms with Crippen molar-refractivity contribution in [3.63, 3.8) is 0 Å². The van der Waals surface area contributed by atoms with Crippen LogP contribution in [-0.4, -0.2) is 58.5 Å². The van der Waals surface area contributed by atoms with Gasteiger partial charge in [0.15, 0.2) is 17.3 Å². The lowest BCUT2D eigenvalue weighted by molar-refractivity contribution is -0.133. The average molecular weight is 521 g/mol. The number of aromatic nitrogens is 3. The number of hydrogen-bond donors (Lipinski definition) is 1. The highest BCUT2D eigenvalue weighted by molar-refractivity contribution is 7.18. The van der Waals surface area contributed by atoms with Gasteiger partial charge in [-0.1, -0.05) is 53.3 Å². The topological polar surface area (TPSA) is 97.5 Å². The molecule has 6 rings (SSSR count). The van der Waals surface area contributed by atoms with Gasteiger partial charge in [0, 0.05) is 36.6 Å². The number of carbonyl (C=O) groups is 1. The summed E-state index contributed by atoms with van der Waals surface area (Å²) in [5.74, 6) is 1.56. The maximum absolute atomic E-state index is 12.7. The molecule has 2 fully saturated rings. The van der Waals surface area contributed by atoms with Gasteiger partial charge in [-0.2, -0.15) is 4.98 Å². The molecule has 1 saturated heterocycles. The summed E-state index contributed by atoms with van der Waals surface area (Å²) in [5.41, 5.74) is 8.14. The molecule has 8 nitrogen and oxygen atoms in total. The van der Waals surface area contributed by atoms with Gasteiger partial charge in [0.25, 0.3) is 5.91 Å². The van der Waals surface area contributed by atoms with Crippen molar-refractivity contribution in [3.8, 4) is 5.75 Å². The van der Waals surface area contributed by atoms with Gasteiger partial charge in [0.1, 0.15) is 16.3 Å². The summed E-state index contributed by atoms with van der Waals surface area (Å²) in [5, 5.41) is 1.70. The fourth-order valence-corrected chi connectivity index (χ4v) is 6.03. The Morgan fingerprint density at radius 2 is 1.72 bits per heavy atom. The van der Waals surface area contributed by atoms with E-state index in [2.05, 4.69) is 39.1 Å². The number of halogens is 1. The number of benzene rings is 2. The minimum atomic E-state index is -0.0496. The highest BCUT2D eigenvalue weighted by Crippen LogP contribution is 2.55.